The molecule has 1 aromatic heterocycles. The monoisotopic (exact) mass is 399 g/mol. The summed E-state index contributed by atoms with van der Waals surface area (Å²) in [6.07, 6.45) is 3.66. The molecule has 1 fully saturated rings. The predicted molar refractivity (Wildman–Crippen MR) is 107 cm³/mol. The molecule has 2 aromatic carbocycles. The van der Waals surface area contributed by atoms with Crippen LogP contribution in [0.5, 0.6) is 5.88 Å². The maximum atomic E-state index is 13.4. The zero-order valence-corrected chi connectivity index (χ0v) is 16.0. The SMILES string of the molecule is COc1ncc(CN(C(=O)Nc2ccc(F)c(Cl)c2)C2CC2)c2ccccc12. The molecule has 0 saturated heterocycles. The zero-order chi connectivity index (χ0) is 19.7. The van der Waals surface area contributed by atoms with Gasteiger partial charge in [-0.3, -0.25) is 0 Å². The van der Waals surface area contributed by atoms with Crippen molar-refractivity contribution in [3.05, 3.63) is 65.1 Å². The molecular formula is C21H19ClFN3O2. The maximum Gasteiger partial charge on any atom is 0.322 e. The van der Waals surface area contributed by atoms with Crippen molar-refractivity contribution in [3.8, 4) is 5.88 Å². The molecule has 1 heterocycles. The molecule has 144 valence electrons. The van der Waals surface area contributed by atoms with Crippen molar-refractivity contribution in [1.82, 2.24) is 9.88 Å². The topological polar surface area (TPSA) is 54.5 Å². The largest absolute Gasteiger partial charge is 0.481 e. The molecule has 1 aliphatic rings. The van der Waals surface area contributed by atoms with E-state index in [1.807, 2.05) is 24.3 Å². The van der Waals surface area contributed by atoms with E-state index >= 15 is 0 Å². The van der Waals surface area contributed by atoms with Gasteiger partial charge in [0, 0.05) is 29.9 Å². The van der Waals surface area contributed by atoms with Crippen LogP contribution in [0.25, 0.3) is 10.8 Å². The van der Waals surface area contributed by atoms with Crippen LogP contribution in [0.2, 0.25) is 5.02 Å². The first-order chi connectivity index (χ1) is 13.6. The third-order valence-corrected chi connectivity index (χ3v) is 5.08. The number of benzene rings is 2. The molecule has 5 nitrogen and oxygen atoms in total. The number of carbonyl (C=O) groups is 1. The summed E-state index contributed by atoms with van der Waals surface area (Å²) in [5.41, 5.74) is 1.40. The highest BCUT2D eigenvalue weighted by atomic mass is 35.5. The van der Waals surface area contributed by atoms with Crippen molar-refractivity contribution in [2.75, 3.05) is 12.4 Å². The van der Waals surface area contributed by atoms with Gasteiger partial charge in [-0.25, -0.2) is 14.2 Å². The minimum atomic E-state index is -0.519. The lowest BCUT2D eigenvalue weighted by atomic mass is 10.1. The van der Waals surface area contributed by atoms with Crippen LogP contribution in [0.1, 0.15) is 18.4 Å². The van der Waals surface area contributed by atoms with Crippen molar-refractivity contribution in [2.24, 2.45) is 0 Å². The fourth-order valence-corrected chi connectivity index (χ4v) is 3.40. The molecule has 2 amide bonds. The van der Waals surface area contributed by atoms with Gasteiger partial charge in [0.15, 0.2) is 0 Å². The number of amides is 2. The van der Waals surface area contributed by atoms with Gasteiger partial charge in [0.25, 0.3) is 0 Å². The third-order valence-electron chi connectivity index (χ3n) is 4.79. The van der Waals surface area contributed by atoms with E-state index in [1.54, 1.807) is 18.2 Å². The number of methoxy groups -OCH3 is 1. The molecule has 7 heteroatoms. The Hall–Kier alpha value is -2.86. The van der Waals surface area contributed by atoms with Gasteiger partial charge in [-0.05, 0) is 48.1 Å². The number of hydrogen-bond acceptors (Lipinski definition) is 3. The molecule has 0 spiro atoms. The van der Waals surface area contributed by atoms with Crippen LogP contribution < -0.4 is 10.1 Å². The lowest BCUT2D eigenvalue weighted by Crippen LogP contribution is -2.36. The van der Waals surface area contributed by atoms with E-state index in [0.717, 1.165) is 29.2 Å². The first kappa shape index (κ1) is 18.5. The second-order valence-electron chi connectivity index (χ2n) is 6.76. The lowest BCUT2D eigenvalue weighted by molar-refractivity contribution is 0.206. The van der Waals surface area contributed by atoms with Crippen molar-refractivity contribution in [3.63, 3.8) is 0 Å². The van der Waals surface area contributed by atoms with E-state index in [2.05, 4.69) is 10.3 Å². The molecule has 0 aliphatic heterocycles. The quantitative estimate of drug-likeness (QED) is 0.639. The fourth-order valence-electron chi connectivity index (χ4n) is 3.22. The van der Waals surface area contributed by atoms with E-state index < -0.39 is 5.82 Å². The van der Waals surface area contributed by atoms with Crippen LogP contribution >= 0.6 is 11.6 Å². The van der Waals surface area contributed by atoms with Gasteiger partial charge in [0.05, 0.1) is 12.1 Å². The van der Waals surface area contributed by atoms with Crippen LogP contribution in [0, 0.1) is 5.82 Å². The Kier molecular flexibility index (Phi) is 5.05. The number of halogens is 2. The Labute approximate surface area is 167 Å². The summed E-state index contributed by atoms with van der Waals surface area (Å²) >= 11 is 5.82. The van der Waals surface area contributed by atoms with Crippen LogP contribution in [0.15, 0.2) is 48.7 Å². The summed E-state index contributed by atoms with van der Waals surface area (Å²) in [4.78, 5) is 19.1. The van der Waals surface area contributed by atoms with E-state index in [-0.39, 0.29) is 17.1 Å². The molecule has 1 saturated carbocycles. The smallest absolute Gasteiger partial charge is 0.322 e. The average molecular weight is 400 g/mol. The van der Waals surface area contributed by atoms with Crippen LogP contribution in [0.3, 0.4) is 0 Å². The van der Waals surface area contributed by atoms with E-state index in [9.17, 15) is 9.18 Å². The number of nitrogens with zero attached hydrogens (tertiary/aromatic N) is 2. The van der Waals surface area contributed by atoms with Crippen LogP contribution in [-0.2, 0) is 6.54 Å². The number of rotatable bonds is 5. The summed E-state index contributed by atoms with van der Waals surface area (Å²) in [6, 6.07) is 11.9. The summed E-state index contributed by atoms with van der Waals surface area (Å²) in [6.45, 7) is 0.420. The minimum absolute atomic E-state index is 0.0267. The predicted octanol–water partition coefficient (Wildman–Crippen LogP) is 5.23. The number of urea groups is 1. The minimum Gasteiger partial charge on any atom is -0.481 e. The molecule has 0 unspecified atom stereocenters. The highest BCUT2D eigenvalue weighted by Gasteiger charge is 2.33. The molecule has 0 bridgehead atoms. The van der Waals surface area contributed by atoms with Gasteiger partial charge in [-0.2, -0.15) is 0 Å². The zero-order valence-electron chi connectivity index (χ0n) is 15.3. The van der Waals surface area contributed by atoms with Crippen LogP contribution in [-0.4, -0.2) is 29.1 Å². The Morgan fingerprint density at radius 3 is 2.71 bits per heavy atom. The number of pyridine rings is 1. The molecule has 0 radical (unpaired) electrons. The Morgan fingerprint density at radius 2 is 2.04 bits per heavy atom. The molecule has 1 aliphatic carbocycles. The van der Waals surface area contributed by atoms with E-state index in [0.29, 0.717) is 18.1 Å². The van der Waals surface area contributed by atoms with Gasteiger partial charge in [-0.15, -0.1) is 0 Å². The number of nitrogens with one attached hydrogen (secondary N) is 1. The van der Waals surface area contributed by atoms with Gasteiger partial charge in [0.2, 0.25) is 5.88 Å². The Bertz CT molecular complexity index is 1040. The molecule has 28 heavy (non-hydrogen) atoms. The first-order valence-electron chi connectivity index (χ1n) is 9.00. The molecule has 4 rings (SSSR count). The number of hydrogen-bond donors (Lipinski definition) is 1. The molecule has 1 N–H and O–H groups in total. The summed E-state index contributed by atoms with van der Waals surface area (Å²) < 4.78 is 18.7. The first-order valence-corrected chi connectivity index (χ1v) is 9.38. The number of ether oxygens (including phenoxy) is 1. The average Bonchev–Trinajstić information content (AvgIpc) is 3.54. The number of aromatic nitrogens is 1. The normalized spacial score (nSPS) is 13.4. The Balaban J connectivity index is 1.60. The van der Waals surface area contributed by atoms with Crippen molar-refractivity contribution in [1.29, 1.82) is 0 Å². The van der Waals surface area contributed by atoms with Gasteiger partial charge in [0.1, 0.15) is 5.82 Å². The second kappa shape index (κ2) is 7.64. The van der Waals surface area contributed by atoms with Crippen molar-refractivity contribution >= 4 is 34.1 Å². The number of fused-ring (bicyclic) bond motifs is 1. The fraction of sp³-hybridized carbons (Fsp3) is 0.238. The standard InChI is InChI=1S/C21H19ClFN3O2/c1-28-20-17-5-3-2-4-16(17)13(11-24-20)12-26(15-7-8-15)21(27)25-14-6-9-19(23)18(22)10-14/h2-6,9-11,15H,7-8,12H2,1H3,(H,25,27). The maximum absolute atomic E-state index is 13.4. The number of carbonyl (C=O) groups excluding carboxylic acids is 1. The second-order valence-corrected chi connectivity index (χ2v) is 7.16. The summed E-state index contributed by atoms with van der Waals surface area (Å²) in [7, 11) is 1.59. The highest BCUT2D eigenvalue weighted by Crippen LogP contribution is 2.32. The third kappa shape index (κ3) is 3.73. The summed E-state index contributed by atoms with van der Waals surface area (Å²) in [5, 5.41) is 4.69. The van der Waals surface area contributed by atoms with Gasteiger partial charge in [-0.1, -0.05) is 29.8 Å². The lowest BCUT2D eigenvalue weighted by Gasteiger charge is -2.24. The van der Waals surface area contributed by atoms with Crippen LogP contribution in [0.4, 0.5) is 14.9 Å². The highest BCUT2D eigenvalue weighted by molar-refractivity contribution is 6.31. The number of anilines is 1. The van der Waals surface area contributed by atoms with Gasteiger partial charge < -0.3 is 15.0 Å². The van der Waals surface area contributed by atoms with Crippen molar-refractivity contribution < 1.29 is 13.9 Å². The summed E-state index contributed by atoms with van der Waals surface area (Å²) in [5.74, 6) is 0.0391. The molecule has 0 atom stereocenters. The van der Waals surface area contributed by atoms with E-state index in [1.165, 1.54) is 18.2 Å². The Morgan fingerprint density at radius 1 is 1.29 bits per heavy atom. The van der Waals surface area contributed by atoms with Gasteiger partial charge >= 0.3 is 6.03 Å². The van der Waals surface area contributed by atoms with E-state index in [4.69, 9.17) is 16.3 Å². The molecular weight excluding hydrogens is 381 g/mol. The molecule has 3 aromatic rings. The van der Waals surface area contributed by atoms with Crippen molar-refractivity contribution in [2.45, 2.75) is 25.4 Å².